The molecule has 23 heavy (non-hydrogen) atoms. The van der Waals surface area contributed by atoms with Crippen molar-refractivity contribution in [3.05, 3.63) is 0 Å². The smallest absolute Gasteiger partial charge is 0.215 e. The number of aliphatic imine (C=N–C) groups is 1. The second kappa shape index (κ2) is 15.4. The summed E-state index contributed by atoms with van der Waals surface area (Å²) in [7, 11) is -3.20. The zero-order valence-corrected chi connectivity index (χ0v) is 17.9. The summed E-state index contributed by atoms with van der Waals surface area (Å²) in [5.74, 6) is 0.714. The lowest BCUT2D eigenvalue weighted by molar-refractivity contribution is 0.146. The molecule has 9 heteroatoms. The molecular formula is C14H33IN4O3S. The maximum absolute atomic E-state index is 12.1. The SMILES string of the molecule is CCNC(=NCCCOCC)NCCS(=O)(=O)N(CC)CC.I. The van der Waals surface area contributed by atoms with Crippen LogP contribution in [0.25, 0.3) is 0 Å². The van der Waals surface area contributed by atoms with Crippen molar-refractivity contribution in [2.24, 2.45) is 4.99 Å². The summed E-state index contributed by atoms with van der Waals surface area (Å²) < 4.78 is 30.9. The Balaban J connectivity index is 0. The number of ether oxygens (including phenoxy) is 1. The lowest BCUT2D eigenvalue weighted by atomic mass is 10.4. The summed E-state index contributed by atoms with van der Waals surface area (Å²) >= 11 is 0. The summed E-state index contributed by atoms with van der Waals surface area (Å²) in [6.07, 6.45) is 0.849. The van der Waals surface area contributed by atoms with Gasteiger partial charge in [0.2, 0.25) is 10.0 Å². The van der Waals surface area contributed by atoms with Crippen LogP contribution in [0.3, 0.4) is 0 Å². The van der Waals surface area contributed by atoms with Crippen molar-refractivity contribution in [1.82, 2.24) is 14.9 Å². The Bertz CT molecular complexity index is 401. The monoisotopic (exact) mass is 464 g/mol. The first-order valence-electron chi connectivity index (χ1n) is 8.09. The molecule has 0 unspecified atom stereocenters. The minimum atomic E-state index is -3.20. The molecule has 0 amide bonds. The fraction of sp³-hybridized carbons (Fsp3) is 0.929. The van der Waals surface area contributed by atoms with Crippen LogP contribution in [0.15, 0.2) is 4.99 Å². The van der Waals surface area contributed by atoms with E-state index in [0.717, 1.165) is 13.0 Å². The van der Waals surface area contributed by atoms with Gasteiger partial charge < -0.3 is 15.4 Å². The second-order valence-electron chi connectivity index (χ2n) is 4.64. The summed E-state index contributed by atoms with van der Waals surface area (Å²) in [5, 5.41) is 6.17. The van der Waals surface area contributed by atoms with Gasteiger partial charge in [-0.3, -0.25) is 4.99 Å². The van der Waals surface area contributed by atoms with E-state index in [1.165, 1.54) is 4.31 Å². The van der Waals surface area contributed by atoms with Crippen molar-refractivity contribution in [1.29, 1.82) is 0 Å². The molecule has 0 aliphatic heterocycles. The minimum absolute atomic E-state index is 0. The zero-order chi connectivity index (χ0) is 16.8. The summed E-state index contributed by atoms with van der Waals surface area (Å²) in [5.41, 5.74) is 0. The Morgan fingerprint density at radius 3 is 2.30 bits per heavy atom. The van der Waals surface area contributed by atoms with Gasteiger partial charge in [-0.05, 0) is 20.3 Å². The molecule has 0 saturated carbocycles. The third-order valence-electron chi connectivity index (χ3n) is 3.02. The van der Waals surface area contributed by atoms with Crippen LogP contribution >= 0.6 is 24.0 Å². The molecule has 0 radical (unpaired) electrons. The van der Waals surface area contributed by atoms with Crippen LogP contribution in [-0.4, -0.2) is 70.4 Å². The van der Waals surface area contributed by atoms with Gasteiger partial charge >= 0.3 is 0 Å². The van der Waals surface area contributed by atoms with Crippen LogP contribution in [0.4, 0.5) is 0 Å². The van der Waals surface area contributed by atoms with Gasteiger partial charge in [0.25, 0.3) is 0 Å². The molecular weight excluding hydrogens is 431 g/mol. The average Bonchev–Trinajstić information content (AvgIpc) is 2.47. The zero-order valence-electron chi connectivity index (χ0n) is 14.8. The molecule has 140 valence electrons. The average molecular weight is 464 g/mol. The first-order valence-corrected chi connectivity index (χ1v) is 9.70. The van der Waals surface area contributed by atoms with Crippen LogP contribution in [0.5, 0.6) is 0 Å². The van der Waals surface area contributed by atoms with Crippen molar-refractivity contribution in [3.63, 3.8) is 0 Å². The molecule has 2 N–H and O–H groups in total. The Hall–Kier alpha value is -0.130. The predicted molar refractivity (Wildman–Crippen MR) is 107 cm³/mol. The predicted octanol–water partition coefficient (Wildman–Crippen LogP) is 1.26. The topological polar surface area (TPSA) is 83.0 Å². The van der Waals surface area contributed by atoms with Crippen molar-refractivity contribution >= 4 is 40.0 Å². The van der Waals surface area contributed by atoms with E-state index in [9.17, 15) is 8.42 Å². The maximum atomic E-state index is 12.1. The number of hydrogen-bond acceptors (Lipinski definition) is 4. The van der Waals surface area contributed by atoms with Crippen LogP contribution in [-0.2, 0) is 14.8 Å². The van der Waals surface area contributed by atoms with Crippen molar-refractivity contribution < 1.29 is 13.2 Å². The van der Waals surface area contributed by atoms with E-state index in [-0.39, 0.29) is 29.7 Å². The van der Waals surface area contributed by atoms with Crippen molar-refractivity contribution in [2.75, 3.05) is 51.7 Å². The molecule has 0 aromatic heterocycles. The summed E-state index contributed by atoms with van der Waals surface area (Å²) in [4.78, 5) is 4.40. The van der Waals surface area contributed by atoms with E-state index in [1.807, 2.05) is 27.7 Å². The Morgan fingerprint density at radius 2 is 1.78 bits per heavy atom. The van der Waals surface area contributed by atoms with Gasteiger partial charge in [0.1, 0.15) is 0 Å². The molecule has 0 heterocycles. The number of hydrogen-bond donors (Lipinski definition) is 2. The Morgan fingerprint density at radius 1 is 1.13 bits per heavy atom. The minimum Gasteiger partial charge on any atom is -0.382 e. The van der Waals surface area contributed by atoms with Crippen LogP contribution in [0.1, 0.15) is 34.1 Å². The molecule has 0 fully saturated rings. The number of guanidine groups is 1. The number of sulfonamides is 1. The van der Waals surface area contributed by atoms with E-state index < -0.39 is 10.0 Å². The maximum Gasteiger partial charge on any atom is 0.215 e. The fourth-order valence-electron chi connectivity index (χ4n) is 1.89. The van der Waals surface area contributed by atoms with Gasteiger partial charge in [-0.15, -0.1) is 24.0 Å². The van der Waals surface area contributed by atoms with Gasteiger partial charge in [-0.25, -0.2) is 12.7 Å². The van der Waals surface area contributed by atoms with Crippen LogP contribution < -0.4 is 10.6 Å². The highest BCUT2D eigenvalue weighted by Crippen LogP contribution is 1.99. The Kier molecular flexibility index (Phi) is 16.8. The van der Waals surface area contributed by atoms with Gasteiger partial charge in [0.15, 0.2) is 5.96 Å². The van der Waals surface area contributed by atoms with Crippen LogP contribution in [0, 0.1) is 0 Å². The normalized spacial score (nSPS) is 12.1. The van der Waals surface area contributed by atoms with Crippen molar-refractivity contribution in [2.45, 2.75) is 34.1 Å². The lowest BCUT2D eigenvalue weighted by Crippen LogP contribution is -2.42. The van der Waals surface area contributed by atoms with Crippen molar-refractivity contribution in [3.8, 4) is 0 Å². The molecule has 0 spiro atoms. The molecule has 0 aliphatic carbocycles. The molecule has 0 aliphatic rings. The quantitative estimate of drug-likeness (QED) is 0.197. The standard InChI is InChI=1S/C14H32N4O3S.HI/c1-5-15-14(16-10-9-12-21-8-4)17-11-13-22(19,20)18(6-2)7-3;/h5-13H2,1-4H3,(H2,15,16,17);1H. The molecule has 0 saturated heterocycles. The van der Waals surface area contributed by atoms with E-state index in [1.54, 1.807) is 0 Å². The van der Waals surface area contributed by atoms with E-state index in [4.69, 9.17) is 4.74 Å². The van der Waals surface area contributed by atoms with Gasteiger partial charge in [-0.1, -0.05) is 13.8 Å². The highest BCUT2D eigenvalue weighted by atomic mass is 127. The third kappa shape index (κ3) is 12.0. The summed E-state index contributed by atoms with van der Waals surface area (Å²) in [6, 6.07) is 0. The fourth-order valence-corrected chi connectivity index (χ4v) is 3.29. The first kappa shape index (κ1) is 25.1. The number of nitrogens with zero attached hydrogens (tertiary/aromatic N) is 2. The van der Waals surface area contributed by atoms with Gasteiger partial charge in [0.05, 0.1) is 5.75 Å². The molecule has 0 rings (SSSR count). The number of nitrogens with one attached hydrogen (secondary N) is 2. The number of halogens is 1. The molecule has 0 aromatic carbocycles. The van der Waals surface area contributed by atoms with Gasteiger partial charge in [-0.2, -0.15) is 0 Å². The van der Waals surface area contributed by atoms with E-state index >= 15 is 0 Å². The first-order chi connectivity index (χ1) is 10.5. The third-order valence-corrected chi connectivity index (χ3v) is 5.04. The Labute approximate surface area is 158 Å². The highest BCUT2D eigenvalue weighted by molar-refractivity contribution is 14.0. The molecule has 0 bridgehead atoms. The molecule has 0 aromatic rings. The highest BCUT2D eigenvalue weighted by Gasteiger charge is 2.18. The summed E-state index contributed by atoms with van der Waals surface area (Å²) in [6.45, 7) is 11.8. The second-order valence-corrected chi connectivity index (χ2v) is 6.73. The van der Waals surface area contributed by atoms with Crippen LogP contribution in [0.2, 0.25) is 0 Å². The van der Waals surface area contributed by atoms with E-state index in [0.29, 0.717) is 45.4 Å². The van der Waals surface area contributed by atoms with Gasteiger partial charge in [0, 0.05) is 45.9 Å². The largest absolute Gasteiger partial charge is 0.382 e. The molecule has 0 atom stereocenters. The molecule has 7 nitrogen and oxygen atoms in total. The number of rotatable bonds is 12. The lowest BCUT2D eigenvalue weighted by Gasteiger charge is -2.19. The van der Waals surface area contributed by atoms with E-state index in [2.05, 4.69) is 15.6 Å².